The molecule has 0 aromatic heterocycles. The van der Waals surface area contributed by atoms with Gasteiger partial charge in [-0.3, -0.25) is 19.6 Å². The molecule has 0 bridgehead atoms. The third-order valence-electron chi connectivity index (χ3n) is 6.47. The lowest BCUT2D eigenvalue weighted by Gasteiger charge is -2.28. The summed E-state index contributed by atoms with van der Waals surface area (Å²) >= 11 is 6.21. The van der Waals surface area contributed by atoms with Crippen LogP contribution in [0.5, 0.6) is 0 Å². The number of hydrogen-bond donors (Lipinski definition) is 1. The Morgan fingerprint density at radius 3 is 2.60 bits per heavy atom. The smallest absolute Gasteiger partial charge is 0.229 e. The third kappa shape index (κ3) is 11.2. The molecule has 1 aliphatic heterocycles. The monoisotopic (exact) mass is 506 g/mol. The van der Waals surface area contributed by atoms with Gasteiger partial charge in [0.15, 0.2) is 0 Å². The van der Waals surface area contributed by atoms with Crippen molar-refractivity contribution in [3.63, 3.8) is 0 Å². The Kier molecular flexibility index (Phi) is 13.6. The Balaban J connectivity index is 2.88. The quantitative estimate of drug-likeness (QED) is 0.179. The first-order valence-electron chi connectivity index (χ1n) is 12.3. The van der Waals surface area contributed by atoms with Gasteiger partial charge < -0.3 is 5.32 Å². The number of nitrogens with one attached hydrogen (secondary N) is 1. The van der Waals surface area contributed by atoms with Gasteiger partial charge in [0.05, 0.1) is 12.3 Å². The fourth-order valence-electron chi connectivity index (χ4n) is 4.10. The molecule has 1 heterocycles. The van der Waals surface area contributed by atoms with Crippen LogP contribution in [0.3, 0.4) is 0 Å². The number of Topliss-reactive ketones (excluding diaryl/α,β-unsaturated/α-hetero) is 1. The molecule has 6 nitrogen and oxygen atoms in total. The van der Waals surface area contributed by atoms with Gasteiger partial charge in [0.2, 0.25) is 5.91 Å². The number of ketones is 1. The molecule has 0 aliphatic carbocycles. The highest BCUT2D eigenvalue weighted by Gasteiger charge is 2.27. The Morgan fingerprint density at radius 1 is 1.37 bits per heavy atom. The van der Waals surface area contributed by atoms with Crippen LogP contribution >= 0.6 is 11.6 Å². The molecule has 4 atom stereocenters. The number of rotatable bonds is 13. The van der Waals surface area contributed by atoms with Crippen molar-refractivity contribution >= 4 is 41.2 Å². The Labute approximate surface area is 214 Å². The normalized spacial score (nSPS) is 18.9. The van der Waals surface area contributed by atoms with E-state index in [0.717, 1.165) is 24.6 Å². The molecule has 0 spiro atoms. The summed E-state index contributed by atoms with van der Waals surface area (Å²) in [7, 11) is 1.58. The number of allylic oxidation sites excluding steroid dienone is 1. The summed E-state index contributed by atoms with van der Waals surface area (Å²) in [5.74, 6) is 0.148. The van der Waals surface area contributed by atoms with Crippen molar-refractivity contribution in [2.75, 3.05) is 7.05 Å². The minimum atomic E-state index is -0.650. The zero-order valence-electron chi connectivity index (χ0n) is 21.7. The molecule has 0 aromatic rings. The summed E-state index contributed by atoms with van der Waals surface area (Å²) in [6.45, 7) is 15.2. The second-order valence-electron chi connectivity index (χ2n) is 9.17. The van der Waals surface area contributed by atoms with E-state index in [1.807, 2.05) is 6.92 Å². The third-order valence-corrected chi connectivity index (χ3v) is 6.73. The van der Waals surface area contributed by atoms with Crippen molar-refractivity contribution in [1.82, 2.24) is 5.32 Å². The van der Waals surface area contributed by atoms with Crippen LogP contribution in [-0.2, 0) is 9.59 Å². The number of amidine groups is 2. The van der Waals surface area contributed by atoms with E-state index in [9.17, 15) is 14.0 Å². The minimum absolute atomic E-state index is 0.00778. The van der Waals surface area contributed by atoms with Gasteiger partial charge in [0.25, 0.3) is 0 Å². The lowest BCUT2D eigenvalue weighted by Crippen LogP contribution is -2.33. The van der Waals surface area contributed by atoms with E-state index in [1.54, 1.807) is 20.0 Å². The van der Waals surface area contributed by atoms with E-state index >= 15 is 0 Å². The molecule has 0 fully saturated rings. The molecule has 1 unspecified atom stereocenters. The number of dihydropyridines is 1. The first-order valence-corrected chi connectivity index (χ1v) is 12.6. The van der Waals surface area contributed by atoms with Crippen molar-refractivity contribution in [3.8, 4) is 0 Å². The fraction of sp³-hybridized carbons (Fsp3) is 0.593. The van der Waals surface area contributed by atoms with E-state index in [2.05, 4.69) is 47.3 Å². The van der Waals surface area contributed by atoms with Gasteiger partial charge in [-0.1, -0.05) is 57.5 Å². The molecular formula is C27H40ClFN4O2. The number of amides is 1. The molecule has 35 heavy (non-hydrogen) atoms. The summed E-state index contributed by atoms with van der Waals surface area (Å²) in [4.78, 5) is 37.8. The van der Waals surface area contributed by atoms with Crippen molar-refractivity contribution < 1.29 is 14.0 Å². The SMILES string of the molecule is C=C(F)C=NC(CCC(C[C@@H](C(=C)CC(=O)NC1=N[C@@H](CC)CC(Cl)=C1)[C@@H](C)CC)C(C)=O)=NC. The van der Waals surface area contributed by atoms with Crippen LogP contribution in [0.1, 0.15) is 72.6 Å². The Bertz CT molecular complexity index is 907. The van der Waals surface area contributed by atoms with Crippen LogP contribution < -0.4 is 5.32 Å². The molecule has 0 saturated carbocycles. The van der Waals surface area contributed by atoms with E-state index in [4.69, 9.17) is 11.6 Å². The molecule has 1 amide bonds. The second-order valence-corrected chi connectivity index (χ2v) is 9.66. The summed E-state index contributed by atoms with van der Waals surface area (Å²) in [5.41, 5.74) is 0.790. The van der Waals surface area contributed by atoms with E-state index in [0.29, 0.717) is 42.4 Å². The largest absolute Gasteiger partial charge is 0.311 e. The minimum Gasteiger partial charge on any atom is -0.311 e. The molecule has 0 radical (unpaired) electrons. The number of aliphatic imine (C=N–C) groups is 3. The molecule has 194 valence electrons. The molecule has 1 N–H and O–H groups in total. The topological polar surface area (TPSA) is 83.2 Å². The van der Waals surface area contributed by atoms with Crippen LogP contribution in [-0.4, -0.2) is 42.7 Å². The lowest BCUT2D eigenvalue weighted by molar-refractivity contribution is -0.121. The molecule has 0 aromatic carbocycles. The summed E-state index contributed by atoms with van der Waals surface area (Å²) < 4.78 is 12.9. The van der Waals surface area contributed by atoms with Crippen LogP contribution in [0.4, 0.5) is 4.39 Å². The van der Waals surface area contributed by atoms with Crippen LogP contribution in [0.2, 0.25) is 0 Å². The van der Waals surface area contributed by atoms with Crippen molar-refractivity contribution in [2.45, 2.75) is 78.7 Å². The molecule has 1 rings (SSSR count). The van der Waals surface area contributed by atoms with E-state index in [1.165, 1.54) is 0 Å². The Hall–Kier alpha value is -2.41. The van der Waals surface area contributed by atoms with Gasteiger partial charge in [-0.25, -0.2) is 9.38 Å². The number of nitrogens with zero attached hydrogens (tertiary/aromatic N) is 3. The van der Waals surface area contributed by atoms with E-state index < -0.39 is 5.83 Å². The van der Waals surface area contributed by atoms with Crippen molar-refractivity contribution in [2.24, 2.45) is 32.7 Å². The van der Waals surface area contributed by atoms with Crippen LogP contribution in [0, 0.1) is 17.8 Å². The van der Waals surface area contributed by atoms with Gasteiger partial charge in [-0.15, -0.1) is 0 Å². The summed E-state index contributed by atoms with van der Waals surface area (Å²) in [5, 5.41) is 3.53. The number of carbonyl (C=O) groups excluding carboxylic acids is 2. The highest BCUT2D eigenvalue weighted by Crippen LogP contribution is 2.33. The first kappa shape index (κ1) is 30.6. The number of hydrogen-bond acceptors (Lipinski definition) is 4. The lowest BCUT2D eigenvalue weighted by atomic mass is 9.76. The van der Waals surface area contributed by atoms with Gasteiger partial charge in [0, 0.05) is 37.3 Å². The first-order chi connectivity index (χ1) is 16.5. The molecular weight excluding hydrogens is 467 g/mol. The highest BCUT2D eigenvalue weighted by atomic mass is 35.5. The average Bonchev–Trinajstić information content (AvgIpc) is 2.79. The van der Waals surface area contributed by atoms with Crippen molar-refractivity contribution in [1.29, 1.82) is 0 Å². The average molecular weight is 507 g/mol. The highest BCUT2D eigenvalue weighted by molar-refractivity contribution is 6.31. The number of carbonyl (C=O) groups is 2. The predicted octanol–water partition coefficient (Wildman–Crippen LogP) is 6.37. The number of halogens is 2. The standard InChI is InChI=1S/C27H40ClFN4O2/c1-8-17(3)24(13-21(20(6)34)10-11-25(30-7)31-16-19(5)29)18(4)12-27(35)33-26-15-22(28)14-23(9-2)32-26/h15-17,21,23-24H,4-5,8-14H2,1-3,6-7H3,(H,32,33,35)/t17-,21?,23-,24+/m0/s1. The zero-order valence-corrected chi connectivity index (χ0v) is 22.5. The second kappa shape index (κ2) is 15.6. The van der Waals surface area contributed by atoms with Gasteiger partial charge in [0.1, 0.15) is 23.3 Å². The van der Waals surface area contributed by atoms with E-state index in [-0.39, 0.29) is 41.9 Å². The predicted molar refractivity (Wildman–Crippen MR) is 145 cm³/mol. The van der Waals surface area contributed by atoms with Crippen LogP contribution in [0.15, 0.2) is 50.6 Å². The molecule has 8 heteroatoms. The summed E-state index contributed by atoms with van der Waals surface area (Å²) in [6.07, 6.45) is 6.84. The maximum atomic E-state index is 12.9. The maximum absolute atomic E-state index is 12.9. The van der Waals surface area contributed by atoms with Gasteiger partial charge in [-0.05, 0) is 44.1 Å². The summed E-state index contributed by atoms with van der Waals surface area (Å²) in [6, 6.07) is 0.0686. The Morgan fingerprint density at radius 2 is 2.06 bits per heavy atom. The maximum Gasteiger partial charge on any atom is 0.229 e. The van der Waals surface area contributed by atoms with Gasteiger partial charge >= 0.3 is 0 Å². The fourth-order valence-corrected chi connectivity index (χ4v) is 4.38. The van der Waals surface area contributed by atoms with Gasteiger partial charge in [-0.2, -0.15) is 0 Å². The van der Waals surface area contributed by atoms with Crippen LogP contribution in [0.25, 0.3) is 0 Å². The molecule has 1 aliphatic rings. The zero-order chi connectivity index (χ0) is 26.5. The van der Waals surface area contributed by atoms with Crippen molar-refractivity contribution in [3.05, 3.63) is 35.7 Å². The molecule has 0 saturated heterocycles.